The Kier molecular flexibility index (Phi) is 9.17. The van der Waals surface area contributed by atoms with Gasteiger partial charge in [-0.1, -0.05) is 118 Å². The first-order valence-corrected chi connectivity index (χ1v) is 13.3. The molecule has 0 atom stereocenters. The molecule has 4 aromatic carbocycles. The van der Waals surface area contributed by atoms with Crippen LogP contribution in [0, 0.1) is 23.3 Å². The number of hydrogen-bond donors (Lipinski definition) is 0. The maximum absolute atomic E-state index is 15.1. The molecule has 0 aromatic heterocycles. The first-order chi connectivity index (χ1) is 18.4. The van der Waals surface area contributed by atoms with Crippen LogP contribution in [-0.2, 0) is 12.8 Å². The number of rotatable bonds is 10. The van der Waals surface area contributed by atoms with Gasteiger partial charge in [0.25, 0.3) is 0 Å². The van der Waals surface area contributed by atoms with E-state index in [4.69, 9.17) is 0 Å². The quantitative estimate of drug-likeness (QED) is 0.112. The number of hydrogen-bond acceptors (Lipinski definition) is 0. The molecule has 0 spiro atoms. The standard InChI is InChI=1S/C34H32F4/c1-3-5-6-8-27-19-20-28(32(36)31(27)35)18-13-24-11-16-26(17-12-24)30-22-21-29(33(37)34(30)38)25-14-9-23(7-4-2)10-15-25/h9-22H,3-8H2,1-2H3/b18-13+. The highest BCUT2D eigenvalue weighted by molar-refractivity contribution is 5.75. The van der Waals surface area contributed by atoms with Gasteiger partial charge in [-0.2, -0.15) is 0 Å². The van der Waals surface area contributed by atoms with Crippen LogP contribution in [0.4, 0.5) is 17.6 Å². The van der Waals surface area contributed by atoms with Gasteiger partial charge in [0.15, 0.2) is 23.3 Å². The van der Waals surface area contributed by atoms with Crippen molar-refractivity contribution < 1.29 is 17.6 Å². The van der Waals surface area contributed by atoms with E-state index in [2.05, 4.69) is 13.8 Å². The van der Waals surface area contributed by atoms with Crippen molar-refractivity contribution in [2.45, 2.75) is 52.4 Å². The van der Waals surface area contributed by atoms with E-state index in [1.165, 1.54) is 6.08 Å². The zero-order valence-electron chi connectivity index (χ0n) is 21.8. The van der Waals surface area contributed by atoms with Crippen molar-refractivity contribution in [2.24, 2.45) is 0 Å². The van der Waals surface area contributed by atoms with Crippen LogP contribution in [0.25, 0.3) is 34.4 Å². The lowest BCUT2D eigenvalue weighted by atomic mass is 9.97. The maximum Gasteiger partial charge on any atom is 0.167 e. The smallest absolute Gasteiger partial charge is 0.167 e. The van der Waals surface area contributed by atoms with Crippen molar-refractivity contribution >= 4 is 12.2 Å². The van der Waals surface area contributed by atoms with Crippen LogP contribution in [-0.4, -0.2) is 0 Å². The molecule has 0 aliphatic heterocycles. The summed E-state index contributed by atoms with van der Waals surface area (Å²) in [5, 5.41) is 0. The number of aryl methyl sites for hydroxylation is 2. The summed E-state index contributed by atoms with van der Waals surface area (Å²) in [7, 11) is 0. The maximum atomic E-state index is 15.1. The lowest BCUT2D eigenvalue weighted by Gasteiger charge is -2.10. The van der Waals surface area contributed by atoms with Crippen LogP contribution in [0.15, 0.2) is 72.8 Å². The van der Waals surface area contributed by atoms with Crippen molar-refractivity contribution in [1.82, 2.24) is 0 Å². The van der Waals surface area contributed by atoms with Gasteiger partial charge in [-0.3, -0.25) is 0 Å². The fourth-order valence-electron chi connectivity index (χ4n) is 4.59. The van der Waals surface area contributed by atoms with Crippen LogP contribution in [0.5, 0.6) is 0 Å². The Morgan fingerprint density at radius 3 is 1.71 bits per heavy atom. The minimum atomic E-state index is -0.903. The second kappa shape index (κ2) is 12.7. The SMILES string of the molecule is CCCCCc1ccc(/C=C/c2ccc(-c3ccc(-c4ccc(CCC)cc4)c(F)c3F)cc2)c(F)c1F. The molecular formula is C34H32F4. The second-order valence-corrected chi connectivity index (χ2v) is 9.59. The van der Waals surface area contributed by atoms with Crippen LogP contribution in [0.2, 0.25) is 0 Å². The molecule has 0 aliphatic rings. The molecule has 38 heavy (non-hydrogen) atoms. The molecule has 0 amide bonds. The van der Waals surface area contributed by atoms with Crippen LogP contribution in [0.1, 0.15) is 61.8 Å². The molecule has 4 aromatic rings. The Balaban J connectivity index is 1.50. The molecule has 196 valence electrons. The third-order valence-electron chi connectivity index (χ3n) is 6.80. The molecule has 0 unspecified atom stereocenters. The highest BCUT2D eigenvalue weighted by Crippen LogP contribution is 2.32. The van der Waals surface area contributed by atoms with Crippen molar-refractivity contribution in [3.8, 4) is 22.3 Å². The Morgan fingerprint density at radius 1 is 0.526 bits per heavy atom. The van der Waals surface area contributed by atoms with E-state index in [1.807, 2.05) is 24.3 Å². The highest BCUT2D eigenvalue weighted by Gasteiger charge is 2.16. The van der Waals surface area contributed by atoms with Crippen LogP contribution >= 0.6 is 0 Å². The Labute approximate surface area is 222 Å². The van der Waals surface area contributed by atoms with Crippen molar-refractivity contribution in [1.29, 1.82) is 0 Å². The predicted molar refractivity (Wildman–Crippen MR) is 150 cm³/mol. The Bertz CT molecular complexity index is 1400. The Morgan fingerprint density at radius 2 is 1.13 bits per heavy atom. The fraction of sp³-hybridized carbons (Fsp3) is 0.235. The van der Waals surface area contributed by atoms with Gasteiger partial charge in [0, 0.05) is 16.7 Å². The fourth-order valence-corrected chi connectivity index (χ4v) is 4.59. The molecule has 0 saturated carbocycles. The number of unbranched alkanes of at least 4 members (excludes halogenated alkanes) is 2. The van der Waals surface area contributed by atoms with E-state index >= 15 is 8.78 Å². The third kappa shape index (κ3) is 6.24. The van der Waals surface area contributed by atoms with Gasteiger partial charge in [0.1, 0.15) is 0 Å². The first kappa shape index (κ1) is 27.4. The van der Waals surface area contributed by atoms with Crippen molar-refractivity contribution in [3.05, 3.63) is 118 Å². The minimum Gasteiger partial charge on any atom is -0.203 e. The summed E-state index contributed by atoms with van der Waals surface area (Å²) in [6, 6.07) is 20.8. The summed E-state index contributed by atoms with van der Waals surface area (Å²) in [5.41, 5.74) is 3.99. The van der Waals surface area contributed by atoms with E-state index < -0.39 is 23.3 Å². The van der Waals surface area contributed by atoms with Crippen LogP contribution < -0.4 is 0 Å². The summed E-state index contributed by atoms with van der Waals surface area (Å²) < 4.78 is 59.0. The molecular weight excluding hydrogens is 484 g/mol. The van der Waals surface area contributed by atoms with Crippen LogP contribution in [0.3, 0.4) is 0 Å². The third-order valence-corrected chi connectivity index (χ3v) is 6.80. The molecule has 0 saturated heterocycles. The molecule has 4 rings (SSSR count). The van der Waals surface area contributed by atoms with Crippen molar-refractivity contribution in [2.75, 3.05) is 0 Å². The van der Waals surface area contributed by atoms with E-state index in [9.17, 15) is 8.78 Å². The largest absolute Gasteiger partial charge is 0.203 e. The molecule has 0 fully saturated rings. The molecule has 0 N–H and O–H groups in total. The normalized spacial score (nSPS) is 11.4. The summed E-state index contributed by atoms with van der Waals surface area (Å²) in [6.45, 7) is 4.16. The number of benzene rings is 4. The average Bonchev–Trinajstić information content (AvgIpc) is 2.93. The van der Waals surface area contributed by atoms with Gasteiger partial charge in [0.05, 0.1) is 0 Å². The highest BCUT2D eigenvalue weighted by atomic mass is 19.2. The summed E-state index contributed by atoms with van der Waals surface area (Å²) in [6.07, 6.45) is 8.49. The van der Waals surface area contributed by atoms with Gasteiger partial charge < -0.3 is 0 Å². The summed E-state index contributed by atoms with van der Waals surface area (Å²) in [4.78, 5) is 0. The zero-order chi connectivity index (χ0) is 27.1. The summed E-state index contributed by atoms with van der Waals surface area (Å²) in [5.74, 6) is -3.44. The predicted octanol–water partition coefficient (Wildman–Crippen LogP) is 10.4. The van der Waals surface area contributed by atoms with E-state index in [-0.39, 0.29) is 16.7 Å². The van der Waals surface area contributed by atoms with E-state index in [0.29, 0.717) is 23.1 Å². The van der Waals surface area contributed by atoms with Gasteiger partial charge in [-0.05, 0) is 47.1 Å². The molecule has 0 nitrogen and oxygen atoms in total. The van der Waals surface area contributed by atoms with E-state index in [1.54, 1.807) is 54.6 Å². The first-order valence-electron chi connectivity index (χ1n) is 13.3. The molecule has 4 heteroatoms. The molecule has 0 heterocycles. The monoisotopic (exact) mass is 516 g/mol. The average molecular weight is 517 g/mol. The topological polar surface area (TPSA) is 0 Å². The van der Waals surface area contributed by atoms with E-state index in [0.717, 1.165) is 43.2 Å². The lowest BCUT2D eigenvalue weighted by Crippen LogP contribution is -1.97. The minimum absolute atomic E-state index is 0.163. The van der Waals surface area contributed by atoms with Gasteiger partial charge in [-0.15, -0.1) is 0 Å². The van der Waals surface area contributed by atoms with Gasteiger partial charge >= 0.3 is 0 Å². The van der Waals surface area contributed by atoms with Gasteiger partial charge in [-0.25, -0.2) is 17.6 Å². The van der Waals surface area contributed by atoms with Crippen molar-refractivity contribution in [3.63, 3.8) is 0 Å². The molecule has 0 radical (unpaired) electrons. The Hall–Kier alpha value is -3.66. The summed E-state index contributed by atoms with van der Waals surface area (Å²) >= 11 is 0. The zero-order valence-corrected chi connectivity index (χ0v) is 21.8. The molecule has 0 bridgehead atoms. The number of halogens is 4. The lowest BCUT2D eigenvalue weighted by molar-refractivity contribution is 0.494. The van der Waals surface area contributed by atoms with Gasteiger partial charge in [0.2, 0.25) is 0 Å². The second-order valence-electron chi connectivity index (χ2n) is 9.59. The molecule has 0 aliphatic carbocycles.